The van der Waals surface area contributed by atoms with Gasteiger partial charge in [-0.15, -0.1) is 0 Å². The minimum atomic E-state index is -0.426. The fourth-order valence-corrected chi connectivity index (χ4v) is 6.55. The predicted octanol–water partition coefficient (Wildman–Crippen LogP) is 6.70. The van der Waals surface area contributed by atoms with Crippen molar-refractivity contribution in [1.82, 2.24) is 4.90 Å². The SMILES string of the molecule is C[C@@H]1CCCN1C(=O)c1cc(C2CC2)c(OCC2(C)CCC3CCCC(C3)C2)cc1F. The Morgan fingerprint density at radius 3 is 2.68 bits per heavy atom. The molecule has 3 nitrogen and oxygen atoms in total. The lowest BCUT2D eigenvalue weighted by Crippen LogP contribution is -2.34. The fraction of sp³-hybridized carbons (Fsp3) is 0.741. The van der Waals surface area contributed by atoms with Crippen LogP contribution in [0.5, 0.6) is 5.75 Å². The number of hydrogen-bond acceptors (Lipinski definition) is 2. The topological polar surface area (TPSA) is 29.5 Å². The van der Waals surface area contributed by atoms with Gasteiger partial charge in [0.1, 0.15) is 11.6 Å². The molecule has 0 radical (unpaired) electrons. The molecule has 4 heteroatoms. The summed E-state index contributed by atoms with van der Waals surface area (Å²) in [5, 5.41) is 0. The number of benzene rings is 1. The van der Waals surface area contributed by atoms with Gasteiger partial charge in [0.25, 0.3) is 5.91 Å². The summed E-state index contributed by atoms with van der Waals surface area (Å²) in [6, 6.07) is 3.53. The predicted molar refractivity (Wildman–Crippen MR) is 121 cm³/mol. The van der Waals surface area contributed by atoms with E-state index in [1.165, 1.54) is 51.0 Å². The van der Waals surface area contributed by atoms with Crippen molar-refractivity contribution in [2.45, 2.75) is 96.4 Å². The number of fused-ring (bicyclic) bond motifs is 2. The van der Waals surface area contributed by atoms with E-state index in [1.54, 1.807) is 0 Å². The van der Waals surface area contributed by atoms with Crippen LogP contribution in [0, 0.1) is 23.1 Å². The second kappa shape index (κ2) is 8.41. The van der Waals surface area contributed by atoms with Crippen molar-refractivity contribution in [2.24, 2.45) is 17.3 Å². The highest BCUT2D eigenvalue weighted by Gasteiger charge is 2.37. The monoisotopic (exact) mass is 427 g/mol. The van der Waals surface area contributed by atoms with Gasteiger partial charge in [-0.25, -0.2) is 4.39 Å². The van der Waals surface area contributed by atoms with E-state index in [0.29, 0.717) is 18.3 Å². The van der Waals surface area contributed by atoms with Gasteiger partial charge < -0.3 is 9.64 Å². The lowest BCUT2D eigenvalue weighted by Gasteiger charge is -2.32. The summed E-state index contributed by atoms with van der Waals surface area (Å²) >= 11 is 0. The summed E-state index contributed by atoms with van der Waals surface area (Å²) in [4.78, 5) is 14.9. The Morgan fingerprint density at radius 2 is 1.94 bits per heavy atom. The van der Waals surface area contributed by atoms with Crippen LogP contribution < -0.4 is 4.74 Å². The summed E-state index contributed by atoms with van der Waals surface area (Å²) in [6.45, 7) is 5.82. The first-order chi connectivity index (χ1) is 14.9. The maximum Gasteiger partial charge on any atom is 0.257 e. The van der Waals surface area contributed by atoms with Crippen LogP contribution in [0.25, 0.3) is 0 Å². The first kappa shape index (κ1) is 21.3. The number of amides is 1. The molecule has 4 fully saturated rings. The zero-order valence-electron chi connectivity index (χ0n) is 19.3. The fourth-order valence-electron chi connectivity index (χ4n) is 6.55. The lowest BCUT2D eigenvalue weighted by molar-refractivity contribution is 0.0742. The third-order valence-electron chi connectivity index (χ3n) is 8.57. The van der Waals surface area contributed by atoms with E-state index in [1.807, 2.05) is 11.0 Å². The van der Waals surface area contributed by atoms with Crippen LogP contribution >= 0.6 is 0 Å². The first-order valence-electron chi connectivity index (χ1n) is 12.7. The molecule has 170 valence electrons. The molecule has 0 N–H and O–H groups in total. The Balaban J connectivity index is 1.34. The van der Waals surface area contributed by atoms with Crippen molar-refractivity contribution in [3.8, 4) is 5.75 Å². The van der Waals surface area contributed by atoms with E-state index < -0.39 is 5.82 Å². The van der Waals surface area contributed by atoms with E-state index in [0.717, 1.165) is 49.6 Å². The number of hydrogen-bond donors (Lipinski definition) is 0. The van der Waals surface area contributed by atoms with Crippen LogP contribution in [0.2, 0.25) is 0 Å². The number of likely N-dealkylation sites (tertiary alicyclic amines) is 1. The number of rotatable bonds is 5. The van der Waals surface area contributed by atoms with Gasteiger partial charge >= 0.3 is 0 Å². The molecule has 3 saturated carbocycles. The number of carbonyl (C=O) groups is 1. The van der Waals surface area contributed by atoms with Crippen LogP contribution in [0.4, 0.5) is 4.39 Å². The highest BCUT2D eigenvalue weighted by Crippen LogP contribution is 2.48. The van der Waals surface area contributed by atoms with Gasteiger partial charge in [-0.05, 0) is 87.7 Å². The smallest absolute Gasteiger partial charge is 0.257 e. The maximum absolute atomic E-state index is 15.1. The van der Waals surface area contributed by atoms with Crippen LogP contribution in [0.1, 0.15) is 106 Å². The average Bonchev–Trinajstić information content (AvgIpc) is 3.52. The van der Waals surface area contributed by atoms with E-state index in [2.05, 4.69) is 13.8 Å². The number of halogens is 1. The van der Waals surface area contributed by atoms with Gasteiger partial charge in [-0.1, -0.05) is 26.2 Å². The summed E-state index contributed by atoms with van der Waals surface area (Å²) in [6.07, 6.45) is 13.5. The van der Waals surface area contributed by atoms with E-state index in [-0.39, 0.29) is 22.9 Å². The van der Waals surface area contributed by atoms with Crippen molar-refractivity contribution in [2.75, 3.05) is 13.2 Å². The Kier molecular flexibility index (Phi) is 5.77. The second-order valence-electron chi connectivity index (χ2n) is 11.4. The standard InChI is InChI=1S/C27H38FNO2/c1-18-5-4-12-29(18)26(30)23-14-22(21-8-9-21)25(15-24(23)28)31-17-27(2)11-10-19-6-3-7-20(13-19)16-27/h14-15,18-21H,3-13,16-17H2,1-2H3/t18-,19?,20?,27?/m1/s1. The summed E-state index contributed by atoms with van der Waals surface area (Å²) in [7, 11) is 0. The van der Waals surface area contributed by atoms with Gasteiger partial charge in [0.15, 0.2) is 0 Å². The largest absolute Gasteiger partial charge is 0.493 e. The molecule has 3 aliphatic carbocycles. The molecule has 0 spiro atoms. The quantitative estimate of drug-likeness (QED) is 0.523. The molecule has 1 aliphatic heterocycles. The van der Waals surface area contributed by atoms with Gasteiger partial charge in [0.2, 0.25) is 0 Å². The molecule has 1 saturated heterocycles. The van der Waals surface area contributed by atoms with Crippen molar-refractivity contribution < 1.29 is 13.9 Å². The molecule has 2 bridgehead atoms. The van der Waals surface area contributed by atoms with Gasteiger partial charge in [-0.2, -0.15) is 0 Å². The molecule has 31 heavy (non-hydrogen) atoms. The van der Waals surface area contributed by atoms with Crippen LogP contribution in [0.15, 0.2) is 12.1 Å². The van der Waals surface area contributed by atoms with Crippen LogP contribution in [0.3, 0.4) is 0 Å². The molecular formula is C27H38FNO2. The van der Waals surface area contributed by atoms with Crippen molar-refractivity contribution in [1.29, 1.82) is 0 Å². The average molecular weight is 428 g/mol. The van der Waals surface area contributed by atoms with Gasteiger partial charge in [0.05, 0.1) is 12.2 Å². The first-order valence-corrected chi connectivity index (χ1v) is 12.7. The molecule has 0 aromatic heterocycles. The number of ether oxygens (including phenoxy) is 1. The minimum absolute atomic E-state index is 0.154. The molecule has 1 aromatic carbocycles. The van der Waals surface area contributed by atoms with Crippen molar-refractivity contribution in [3.63, 3.8) is 0 Å². The number of nitrogens with zero attached hydrogens (tertiary/aromatic N) is 1. The Morgan fingerprint density at radius 1 is 1.13 bits per heavy atom. The number of carbonyl (C=O) groups excluding carboxylic acids is 1. The molecule has 1 aromatic rings. The third-order valence-corrected chi connectivity index (χ3v) is 8.57. The van der Waals surface area contributed by atoms with Crippen molar-refractivity contribution in [3.05, 3.63) is 29.1 Å². The van der Waals surface area contributed by atoms with Crippen LogP contribution in [-0.2, 0) is 0 Å². The molecule has 5 rings (SSSR count). The third kappa shape index (κ3) is 4.50. The Bertz CT molecular complexity index is 835. The van der Waals surface area contributed by atoms with E-state index >= 15 is 4.39 Å². The zero-order chi connectivity index (χ0) is 21.6. The Labute approximate surface area is 186 Å². The highest BCUT2D eigenvalue weighted by atomic mass is 19.1. The van der Waals surface area contributed by atoms with Crippen molar-refractivity contribution >= 4 is 5.91 Å². The molecular weight excluding hydrogens is 389 g/mol. The summed E-state index contributed by atoms with van der Waals surface area (Å²) in [5.41, 5.74) is 1.45. The maximum atomic E-state index is 15.1. The molecule has 1 heterocycles. The van der Waals surface area contributed by atoms with Gasteiger partial charge in [-0.3, -0.25) is 4.79 Å². The Hall–Kier alpha value is -1.58. The normalized spacial score (nSPS) is 33.3. The highest BCUT2D eigenvalue weighted by molar-refractivity contribution is 5.95. The summed E-state index contributed by atoms with van der Waals surface area (Å²) in [5.74, 6) is 2.25. The van der Waals surface area contributed by atoms with E-state index in [9.17, 15) is 4.79 Å². The van der Waals surface area contributed by atoms with Gasteiger partial charge in [0, 0.05) is 24.1 Å². The molecule has 1 amide bonds. The van der Waals surface area contributed by atoms with Crippen LogP contribution in [-0.4, -0.2) is 30.0 Å². The molecule has 4 aliphatic rings. The zero-order valence-corrected chi connectivity index (χ0v) is 19.3. The molecule has 4 atom stereocenters. The lowest BCUT2D eigenvalue weighted by atomic mass is 9.77. The van der Waals surface area contributed by atoms with E-state index in [4.69, 9.17) is 4.74 Å². The molecule has 3 unspecified atom stereocenters. The second-order valence-corrected chi connectivity index (χ2v) is 11.4. The minimum Gasteiger partial charge on any atom is -0.493 e. The summed E-state index contributed by atoms with van der Waals surface area (Å²) < 4.78 is 21.5.